The van der Waals surface area contributed by atoms with E-state index in [0.717, 1.165) is 5.56 Å². The fourth-order valence-corrected chi connectivity index (χ4v) is 2.19. The lowest BCUT2D eigenvalue weighted by molar-refractivity contribution is -0.119. The van der Waals surface area contributed by atoms with Gasteiger partial charge in [-0.1, -0.05) is 23.7 Å². The van der Waals surface area contributed by atoms with Crippen LogP contribution in [0.1, 0.15) is 25.5 Å². The topological polar surface area (TPSA) is 62.9 Å². The van der Waals surface area contributed by atoms with Crippen molar-refractivity contribution in [2.75, 3.05) is 0 Å². The van der Waals surface area contributed by atoms with Gasteiger partial charge in [0, 0.05) is 5.02 Å². The molecule has 0 saturated carbocycles. The van der Waals surface area contributed by atoms with E-state index in [2.05, 4.69) is 0 Å². The first-order chi connectivity index (χ1) is 9.95. The number of Topliss-reactive ketones (excluding diaryl/α,β-unsaturated/α-hetero) is 1. The summed E-state index contributed by atoms with van der Waals surface area (Å²) in [7, 11) is 0. The third kappa shape index (κ3) is 2.88. The summed E-state index contributed by atoms with van der Waals surface area (Å²) in [6, 6.07) is 11.3. The van der Waals surface area contributed by atoms with Crippen LogP contribution in [0.5, 0.6) is 0 Å². The van der Waals surface area contributed by atoms with Gasteiger partial charge in [-0.15, -0.1) is 0 Å². The zero-order valence-corrected chi connectivity index (χ0v) is 12.4. The van der Waals surface area contributed by atoms with E-state index in [1.807, 2.05) is 6.07 Å². The van der Waals surface area contributed by atoms with E-state index in [9.17, 15) is 9.59 Å². The minimum Gasteiger partial charge on any atom is -0.298 e. The van der Waals surface area contributed by atoms with Crippen molar-refractivity contribution in [2.45, 2.75) is 19.9 Å². The number of hydrogen-bond donors (Lipinski definition) is 0. The fourth-order valence-electron chi connectivity index (χ4n) is 2.06. The van der Waals surface area contributed by atoms with Gasteiger partial charge in [0.15, 0.2) is 5.78 Å². The molecule has 21 heavy (non-hydrogen) atoms. The molecule has 106 valence electrons. The van der Waals surface area contributed by atoms with Crippen LogP contribution in [0.3, 0.4) is 0 Å². The van der Waals surface area contributed by atoms with Gasteiger partial charge in [0.05, 0.1) is 11.7 Å². The molecule has 0 spiro atoms. The summed E-state index contributed by atoms with van der Waals surface area (Å²) in [5, 5.41) is 9.58. The number of carbonyl (C=O) groups excluding carboxylic acids is 1. The molecule has 0 aliphatic heterocycles. The SMILES string of the molecule is CC(=O)C(C)n1c(-c2ccc(Cl)cc2)ccc(C#N)c1=O. The highest BCUT2D eigenvalue weighted by Gasteiger charge is 2.18. The lowest BCUT2D eigenvalue weighted by Gasteiger charge is -2.18. The first-order valence-electron chi connectivity index (χ1n) is 6.37. The Hall–Kier alpha value is -2.38. The summed E-state index contributed by atoms with van der Waals surface area (Å²) < 4.78 is 1.35. The van der Waals surface area contributed by atoms with E-state index >= 15 is 0 Å². The average molecular weight is 301 g/mol. The van der Waals surface area contributed by atoms with Gasteiger partial charge < -0.3 is 0 Å². The van der Waals surface area contributed by atoms with Crippen LogP contribution in [-0.2, 0) is 4.79 Å². The molecule has 1 aromatic carbocycles. The summed E-state index contributed by atoms with van der Waals surface area (Å²) in [4.78, 5) is 24.0. The van der Waals surface area contributed by atoms with Crippen LogP contribution in [0.25, 0.3) is 11.3 Å². The lowest BCUT2D eigenvalue weighted by atomic mass is 10.1. The summed E-state index contributed by atoms with van der Waals surface area (Å²) in [5.74, 6) is -0.151. The van der Waals surface area contributed by atoms with Crippen LogP contribution in [0, 0.1) is 11.3 Å². The third-order valence-corrected chi connectivity index (χ3v) is 3.60. The van der Waals surface area contributed by atoms with Crippen molar-refractivity contribution < 1.29 is 4.79 Å². The molecule has 0 amide bonds. The first kappa shape index (κ1) is 15.0. The van der Waals surface area contributed by atoms with Crippen LogP contribution >= 0.6 is 11.6 Å². The lowest BCUT2D eigenvalue weighted by Crippen LogP contribution is -2.30. The molecule has 2 aromatic rings. The molecule has 4 nitrogen and oxygen atoms in total. The Morgan fingerprint density at radius 3 is 2.38 bits per heavy atom. The van der Waals surface area contributed by atoms with Crippen molar-refractivity contribution in [1.29, 1.82) is 5.26 Å². The van der Waals surface area contributed by atoms with Crippen molar-refractivity contribution in [3.8, 4) is 17.3 Å². The van der Waals surface area contributed by atoms with Gasteiger partial charge in [0.1, 0.15) is 11.6 Å². The van der Waals surface area contributed by atoms with Crippen LogP contribution < -0.4 is 5.56 Å². The highest BCUT2D eigenvalue weighted by Crippen LogP contribution is 2.23. The number of benzene rings is 1. The van der Waals surface area contributed by atoms with Crippen LogP contribution in [-0.4, -0.2) is 10.4 Å². The van der Waals surface area contributed by atoms with E-state index in [4.69, 9.17) is 16.9 Å². The number of aromatic nitrogens is 1. The smallest absolute Gasteiger partial charge is 0.269 e. The Morgan fingerprint density at radius 1 is 1.24 bits per heavy atom. The Kier molecular flexibility index (Phi) is 4.25. The number of halogens is 1. The number of pyridine rings is 1. The van der Waals surface area contributed by atoms with Crippen molar-refractivity contribution in [3.63, 3.8) is 0 Å². The number of nitrogens with zero attached hydrogens (tertiary/aromatic N) is 2. The second-order valence-electron chi connectivity index (χ2n) is 4.71. The standard InChI is InChI=1S/C16H13ClN2O2/c1-10(11(2)20)19-15(8-5-13(9-18)16(19)21)12-3-6-14(17)7-4-12/h3-8,10H,1-2H3. The summed E-state index contributed by atoms with van der Waals surface area (Å²) in [6.45, 7) is 3.06. The predicted octanol–water partition coefficient (Wildman–Crippen LogP) is 3.19. The van der Waals surface area contributed by atoms with Crippen molar-refractivity contribution >= 4 is 17.4 Å². The summed E-state index contributed by atoms with van der Waals surface area (Å²) >= 11 is 5.87. The number of nitriles is 1. The van der Waals surface area contributed by atoms with Gasteiger partial charge in [0.2, 0.25) is 0 Å². The summed E-state index contributed by atoms with van der Waals surface area (Å²) in [5.41, 5.74) is 0.890. The molecule has 5 heteroatoms. The van der Waals surface area contributed by atoms with Gasteiger partial charge in [-0.25, -0.2) is 0 Å². The molecule has 0 aliphatic rings. The summed E-state index contributed by atoms with van der Waals surface area (Å²) in [6.07, 6.45) is 0. The largest absolute Gasteiger partial charge is 0.298 e. The highest BCUT2D eigenvalue weighted by atomic mass is 35.5. The van der Waals surface area contributed by atoms with Gasteiger partial charge in [0.25, 0.3) is 5.56 Å². The Bertz CT molecular complexity index is 785. The molecular formula is C16H13ClN2O2. The van der Waals surface area contributed by atoms with Gasteiger partial charge in [-0.2, -0.15) is 5.26 Å². The van der Waals surface area contributed by atoms with Gasteiger partial charge in [-0.3, -0.25) is 14.2 Å². The van der Waals surface area contributed by atoms with Crippen molar-refractivity contribution in [3.05, 3.63) is 57.3 Å². The number of hydrogen-bond acceptors (Lipinski definition) is 3. The zero-order valence-electron chi connectivity index (χ0n) is 11.6. The Balaban J connectivity index is 2.75. The molecule has 1 unspecified atom stereocenters. The Labute approximate surface area is 127 Å². The van der Waals surface area contributed by atoms with Crippen LogP contribution in [0.15, 0.2) is 41.2 Å². The quantitative estimate of drug-likeness (QED) is 0.874. The van der Waals surface area contributed by atoms with E-state index in [1.54, 1.807) is 37.3 Å². The number of ketones is 1. The van der Waals surface area contributed by atoms with Crippen molar-refractivity contribution in [2.24, 2.45) is 0 Å². The van der Waals surface area contributed by atoms with E-state index in [0.29, 0.717) is 10.7 Å². The number of rotatable bonds is 3. The Morgan fingerprint density at radius 2 is 1.86 bits per heavy atom. The maximum absolute atomic E-state index is 12.4. The highest BCUT2D eigenvalue weighted by molar-refractivity contribution is 6.30. The molecule has 2 rings (SSSR count). The molecule has 0 fully saturated rings. The zero-order chi connectivity index (χ0) is 15.6. The maximum Gasteiger partial charge on any atom is 0.269 e. The van der Waals surface area contributed by atoms with Gasteiger partial charge >= 0.3 is 0 Å². The van der Waals surface area contributed by atoms with Gasteiger partial charge in [-0.05, 0) is 43.7 Å². The molecule has 1 aromatic heterocycles. The predicted molar refractivity (Wildman–Crippen MR) is 81.3 cm³/mol. The molecule has 1 atom stereocenters. The minimum atomic E-state index is -0.642. The molecule has 0 bridgehead atoms. The normalized spacial score (nSPS) is 11.7. The molecule has 1 heterocycles. The number of carbonyl (C=O) groups is 1. The third-order valence-electron chi connectivity index (χ3n) is 3.35. The maximum atomic E-state index is 12.4. The molecule has 0 N–H and O–H groups in total. The van der Waals surface area contributed by atoms with Crippen LogP contribution in [0.4, 0.5) is 0 Å². The second-order valence-corrected chi connectivity index (χ2v) is 5.15. The molecule has 0 radical (unpaired) electrons. The van der Waals surface area contributed by atoms with Crippen LogP contribution in [0.2, 0.25) is 5.02 Å². The molecule has 0 aliphatic carbocycles. The van der Waals surface area contributed by atoms with Crippen molar-refractivity contribution in [1.82, 2.24) is 4.57 Å². The fraction of sp³-hybridized carbons (Fsp3) is 0.188. The monoisotopic (exact) mass is 300 g/mol. The van der Waals surface area contributed by atoms with E-state index in [1.165, 1.54) is 17.6 Å². The average Bonchev–Trinajstić information content (AvgIpc) is 2.47. The molecule has 0 saturated heterocycles. The molecular weight excluding hydrogens is 288 g/mol. The first-order valence-corrected chi connectivity index (χ1v) is 6.75. The second kappa shape index (κ2) is 5.94. The van der Waals surface area contributed by atoms with E-state index < -0.39 is 11.6 Å². The van der Waals surface area contributed by atoms with E-state index in [-0.39, 0.29) is 11.3 Å². The minimum absolute atomic E-state index is 0.0146.